The fourth-order valence-corrected chi connectivity index (χ4v) is 2.13. The number of phenolic OH excluding ortho intramolecular Hbond substituents is 1. The largest absolute Gasteiger partial charge is 0.508 e. The van der Waals surface area contributed by atoms with Gasteiger partial charge in [0.05, 0.1) is 11.7 Å². The number of hydrogen-bond acceptors (Lipinski definition) is 5. The van der Waals surface area contributed by atoms with Gasteiger partial charge in [0.2, 0.25) is 5.91 Å². The van der Waals surface area contributed by atoms with Crippen LogP contribution >= 0.6 is 11.6 Å². The van der Waals surface area contributed by atoms with E-state index < -0.39 is 0 Å². The number of nitrogens with zero attached hydrogens (tertiary/aromatic N) is 2. The van der Waals surface area contributed by atoms with E-state index in [1.165, 1.54) is 0 Å². The number of halogens is 1. The second-order valence-corrected chi connectivity index (χ2v) is 5.69. The zero-order valence-corrected chi connectivity index (χ0v) is 14.3. The van der Waals surface area contributed by atoms with Gasteiger partial charge in [-0.25, -0.2) is 4.98 Å². The molecule has 1 unspecified atom stereocenters. The molecule has 0 aliphatic rings. The van der Waals surface area contributed by atoms with Crippen molar-refractivity contribution in [2.75, 3.05) is 25.5 Å². The fourth-order valence-electron chi connectivity index (χ4n) is 1.96. The molecule has 0 aliphatic heterocycles. The molecule has 6 nitrogen and oxygen atoms in total. The fraction of sp³-hybridized carbons (Fsp3) is 0.294. The average molecular weight is 350 g/mol. The van der Waals surface area contributed by atoms with Crippen LogP contribution in [0.25, 0.3) is 0 Å². The number of anilines is 1. The van der Waals surface area contributed by atoms with Gasteiger partial charge in [0.15, 0.2) is 5.15 Å². The number of likely N-dealkylation sites (N-methyl/N-ethyl adjacent to an activating group) is 1. The van der Waals surface area contributed by atoms with Crippen LogP contribution in [0.1, 0.15) is 6.92 Å². The Bertz CT molecular complexity index is 679. The maximum Gasteiger partial charge on any atom is 0.241 e. The number of pyridine rings is 1. The van der Waals surface area contributed by atoms with Crippen LogP contribution in [0.5, 0.6) is 11.5 Å². The molecule has 0 fully saturated rings. The molecule has 0 radical (unpaired) electrons. The number of carbonyl (C=O) groups excluding carboxylic acids is 1. The molecule has 24 heavy (non-hydrogen) atoms. The molecule has 1 atom stereocenters. The Morgan fingerprint density at radius 2 is 2.08 bits per heavy atom. The first-order valence-corrected chi connectivity index (χ1v) is 7.88. The van der Waals surface area contributed by atoms with Gasteiger partial charge in [-0.05, 0) is 50.4 Å². The van der Waals surface area contributed by atoms with Crippen molar-refractivity contribution in [3.05, 3.63) is 47.7 Å². The number of aromatic hydroxyl groups is 1. The summed E-state index contributed by atoms with van der Waals surface area (Å²) in [7, 11) is 1.84. The van der Waals surface area contributed by atoms with Crippen LogP contribution in [0.15, 0.2) is 42.6 Å². The summed E-state index contributed by atoms with van der Waals surface area (Å²) >= 11 is 5.94. The van der Waals surface area contributed by atoms with Crippen LogP contribution in [-0.2, 0) is 4.79 Å². The van der Waals surface area contributed by atoms with Crippen molar-refractivity contribution in [1.29, 1.82) is 0 Å². The van der Waals surface area contributed by atoms with Gasteiger partial charge in [0.25, 0.3) is 0 Å². The van der Waals surface area contributed by atoms with Crippen LogP contribution in [0.3, 0.4) is 0 Å². The van der Waals surface area contributed by atoms with Gasteiger partial charge in [-0.3, -0.25) is 9.69 Å². The molecule has 1 aromatic carbocycles. The Morgan fingerprint density at radius 3 is 2.75 bits per heavy atom. The van der Waals surface area contributed by atoms with E-state index in [4.69, 9.17) is 16.3 Å². The first-order valence-electron chi connectivity index (χ1n) is 7.51. The highest BCUT2D eigenvalue weighted by Crippen LogP contribution is 2.18. The third-order valence-electron chi connectivity index (χ3n) is 3.61. The summed E-state index contributed by atoms with van der Waals surface area (Å²) in [5.74, 6) is 0.691. The summed E-state index contributed by atoms with van der Waals surface area (Å²) in [6, 6.07) is 9.56. The predicted octanol–water partition coefficient (Wildman–Crippen LogP) is 2.78. The van der Waals surface area contributed by atoms with Crippen molar-refractivity contribution in [3.63, 3.8) is 0 Å². The smallest absolute Gasteiger partial charge is 0.241 e. The molecule has 1 aromatic heterocycles. The van der Waals surface area contributed by atoms with E-state index in [0.717, 1.165) is 0 Å². The highest BCUT2D eigenvalue weighted by atomic mass is 35.5. The van der Waals surface area contributed by atoms with Gasteiger partial charge in [0, 0.05) is 12.7 Å². The highest BCUT2D eigenvalue weighted by molar-refractivity contribution is 6.32. The van der Waals surface area contributed by atoms with E-state index in [9.17, 15) is 9.90 Å². The summed E-state index contributed by atoms with van der Waals surface area (Å²) < 4.78 is 5.58. The molecule has 0 saturated carbocycles. The normalized spacial score (nSPS) is 12.0. The van der Waals surface area contributed by atoms with Crippen molar-refractivity contribution >= 4 is 23.2 Å². The minimum atomic E-state index is -0.357. The lowest BCUT2D eigenvalue weighted by Crippen LogP contribution is -2.41. The molecule has 128 valence electrons. The number of aromatic nitrogens is 1. The lowest BCUT2D eigenvalue weighted by molar-refractivity contribution is -0.120. The van der Waals surface area contributed by atoms with Gasteiger partial charge >= 0.3 is 0 Å². The summed E-state index contributed by atoms with van der Waals surface area (Å²) in [5.41, 5.74) is 0.491. The van der Waals surface area contributed by atoms with Gasteiger partial charge in [-0.2, -0.15) is 0 Å². The Morgan fingerprint density at radius 1 is 1.38 bits per heavy atom. The van der Waals surface area contributed by atoms with Crippen molar-refractivity contribution < 1.29 is 14.6 Å². The first-order chi connectivity index (χ1) is 11.5. The topological polar surface area (TPSA) is 74.7 Å². The lowest BCUT2D eigenvalue weighted by atomic mass is 10.2. The van der Waals surface area contributed by atoms with E-state index in [0.29, 0.717) is 24.6 Å². The standard InChI is InChI=1S/C17H20ClN3O3/c1-12(17(23)20-15-4-3-9-19-16(15)18)21(2)10-11-24-14-7-5-13(22)6-8-14/h3-9,12,22H,10-11H2,1-2H3,(H,20,23). The summed E-state index contributed by atoms with van der Waals surface area (Å²) in [5, 5.41) is 12.2. The van der Waals surface area contributed by atoms with Crippen LogP contribution in [0.2, 0.25) is 5.15 Å². The van der Waals surface area contributed by atoms with E-state index in [1.807, 2.05) is 11.9 Å². The molecule has 1 heterocycles. The minimum Gasteiger partial charge on any atom is -0.508 e. The van der Waals surface area contributed by atoms with Crippen molar-refractivity contribution in [3.8, 4) is 11.5 Å². The zero-order valence-electron chi connectivity index (χ0n) is 13.6. The number of nitrogens with one attached hydrogen (secondary N) is 1. The van der Waals surface area contributed by atoms with Crippen molar-refractivity contribution in [2.45, 2.75) is 13.0 Å². The van der Waals surface area contributed by atoms with Gasteiger partial charge in [-0.15, -0.1) is 0 Å². The first kappa shape index (κ1) is 18.0. The third kappa shape index (κ3) is 5.11. The number of amides is 1. The number of carbonyl (C=O) groups is 1. The number of benzene rings is 1. The summed E-state index contributed by atoms with van der Waals surface area (Å²) in [6.07, 6.45) is 1.56. The molecule has 0 saturated heterocycles. The van der Waals surface area contributed by atoms with Gasteiger partial charge in [0.1, 0.15) is 18.1 Å². The Hall–Kier alpha value is -2.31. The molecular formula is C17H20ClN3O3. The monoisotopic (exact) mass is 349 g/mol. The molecule has 0 bridgehead atoms. The molecule has 0 aliphatic carbocycles. The summed E-state index contributed by atoms with van der Waals surface area (Å²) in [6.45, 7) is 2.79. The van der Waals surface area contributed by atoms with E-state index >= 15 is 0 Å². The molecule has 1 amide bonds. The van der Waals surface area contributed by atoms with Gasteiger partial charge < -0.3 is 15.2 Å². The molecule has 2 aromatic rings. The van der Waals surface area contributed by atoms with Crippen LogP contribution < -0.4 is 10.1 Å². The van der Waals surface area contributed by atoms with Crippen molar-refractivity contribution in [2.24, 2.45) is 0 Å². The van der Waals surface area contributed by atoms with Crippen LogP contribution in [0.4, 0.5) is 5.69 Å². The molecule has 7 heteroatoms. The average Bonchev–Trinajstić information content (AvgIpc) is 2.58. The summed E-state index contributed by atoms with van der Waals surface area (Å²) in [4.78, 5) is 18.1. The second kappa shape index (κ2) is 8.52. The van der Waals surface area contributed by atoms with E-state index in [1.54, 1.807) is 49.5 Å². The zero-order chi connectivity index (χ0) is 17.5. The Balaban J connectivity index is 1.80. The highest BCUT2D eigenvalue weighted by Gasteiger charge is 2.19. The van der Waals surface area contributed by atoms with Crippen molar-refractivity contribution in [1.82, 2.24) is 9.88 Å². The number of ether oxygens (including phenoxy) is 1. The maximum atomic E-state index is 12.3. The molecule has 2 N–H and O–H groups in total. The van der Waals surface area contributed by atoms with E-state index in [2.05, 4.69) is 10.3 Å². The Labute approximate surface area is 146 Å². The maximum absolute atomic E-state index is 12.3. The number of hydrogen-bond donors (Lipinski definition) is 2. The van der Waals surface area contributed by atoms with E-state index in [-0.39, 0.29) is 22.9 Å². The number of rotatable bonds is 7. The lowest BCUT2D eigenvalue weighted by Gasteiger charge is -2.24. The molecule has 0 spiro atoms. The quantitative estimate of drug-likeness (QED) is 0.752. The van der Waals surface area contributed by atoms with Crippen LogP contribution in [-0.4, -0.2) is 47.1 Å². The SMILES string of the molecule is CC(C(=O)Nc1cccnc1Cl)N(C)CCOc1ccc(O)cc1. The predicted molar refractivity (Wildman–Crippen MR) is 93.6 cm³/mol. The van der Waals surface area contributed by atoms with Gasteiger partial charge in [-0.1, -0.05) is 11.6 Å². The molecular weight excluding hydrogens is 330 g/mol. The molecule has 2 rings (SSSR count). The third-order valence-corrected chi connectivity index (χ3v) is 3.91. The number of phenols is 1. The second-order valence-electron chi connectivity index (χ2n) is 5.33. The van der Waals surface area contributed by atoms with Crippen LogP contribution in [0, 0.1) is 0 Å². The minimum absolute atomic E-state index is 0.169. The Kier molecular flexibility index (Phi) is 6.40.